The molecule has 1 heterocycles. The highest BCUT2D eigenvalue weighted by molar-refractivity contribution is 6.00. The number of amides is 1. The van der Waals surface area contributed by atoms with Crippen molar-refractivity contribution in [3.63, 3.8) is 0 Å². The second kappa shape index (κ2) is 8.59. The highest BCUT2D eigenvalue weighted by Gasteiger charge is 2.21. The fourth-order valence-electron chi connectivity index (χ4n) is 3.55. The van der Waals surface area contributed by atoms with Gasteiger partial charge >= 0.3 is 0 Å². The largest absolute Gasteiger partial charge is 0.451 e. The summed E-state index contributed by atoms with van der Waals surface area (Å²) in [6.07, 6.45) is 0. The van der Waals surface area contributed by atoms with Crippen LogP contribution in [0, 0.1) is 20.8 Å². The molecule has 4 nitrogen and oxygen atoms in total. The quantitative estimate of drug-likeness (QED) is 0.684. The summed E-state index contributed by atoms with van der Waals surface area (Å²) in [5, 5.41) is 4.08. The molecule has 0 saturated heterocycles. The maximum atomic E-state index is 12.8. The lowest BCUT2D eigenvalue weighted by Gasteiger charge is -2.25. The van der Waals surface area contributed by atoms with E-state index in [1.807, 2.05) is 52.2 Å². The molecule has 0 aliphatic carbocycles. The summed E-state index contributed by atoms with van der Waals surface area (Å²) in [7, 11) is 4.03. The van der Waals surface area contributed by atoms with Crippen LogP contribution in [0.5, 0.6) is 0 Å². The van der Waals surface area contributed by atoms with Crippen LogP contribution in [0.3, 0.4) is 0 Å². The van der Waals surface area contributed by atoms with Gasteiger partial charge in [-0.25, -0.2) is 0 Å². The van der Waals surface area contributed by atoms with Crippen LogP contribution >= 0.6 is 12.4 Å². The first-order valence-electron chi connectivity index (χ1n) is 8.88. The molecule has 0 bridgehead atoms. The number of nitrogens with zero attached hydrogens (tertiary/aromatic N) is 1. The number of hydrogen-bond donors (Lipinski definition) is 1. The van der Waals surface area contributed by atoms with E-state index in [-0.39, 0.29) is 24.4 Å². The van der Waals surface area contributed by atoms with Crippen LogP contribution in [0.25, 0.3) is 11.0 Å². The fraction of sp³-hybridized carbons (Fsp3) is 0.318. The average molecular weight is 387 g/mol. The minimum Gasteiger partial charge on any atom is -0.451 e. The van der Waals surface area contributed by atoms with E-state index >= 15 is 0 Å². The minimum absolute atomic E-state index is 0. The van der Waals surface area contributed by atoms with Crippen molar-refractivity contribution in [2.45, 2.75) is 26.8 Å². The molecular weight excluding hydrogens is 360 g/mol. The van der Waals surface area contributed by atoms with E-state index in [0.29, 0.717) is 12.3 Å². The van der Waals surface area contributed by atoms with Crippen molar-refractivity contribution in [3.05, 3.63) is 70.5 Å². The van der Waals surface area contributed by atoms with Gasteiger partial charge in [0.2, 0.25) is 0 Å². The number of hydrogen-bond acceptors (Lipinski definition) is 3. The van der Waals surface area contributed by atoms with E-state index in [4.69, 9.17) is 4.42 Å². The zero-order chi connectivity index (χ0) is 18.8. The summed E-state index contributed by atoms with van der Waals surface area (Å²) < 4.78 is 5.90. The molecule has 3 aromatic rings. The molecule has 5 heteroatoms. The Morgan fingerprint density at radius 1 is 1.11 bits per heavy atom. The number of nitrogens with one attached hydrogen (secondary N) is 1. The lowest BCUT2D eigenvalue weighted by atomic mass is 10.0. The molecule has 0 saturated carbocycles. The van der Waals surface area contributed by atoms with Crippen molar-refractivity contribution < 1.29 is 9.21 Å². The second-order valence-corrected chi connectivity index (χ2v) is 7.11. The van der Waals surface area contributed by atoms with Crippen molar-refractivity contribution in [1.29, 1.82) is 0 Å². The first kappa shape index (κ1) is 21.0. The Balaban J connectivity index is 0.00000261. The van der Waals surface area contributed by atoms with Crippen molar-refractivity contribution in [2.24, 2.45) is 0 Å². The number of carbonyl (C=O) groups is 1. The number of benzene rings is 2. The molecule has 3 rings (SSSR count). The Morgan fingerprint density at radius 2 is 1.78 bits per heavy atom. The fourth-order valence-corrected chi connectivity index (χ4v) is 3.55. The van der Waals surface area contributed by atoms with Gasteiger partial charge in [0.25, 0.3) is 5.91 Å². The molecule has 1 atom stereocenters. The molecular formula is C22H27ClN2O2. The predicted molar refractivity (Wildman–Crippen MR) is 113 cm³/mol. The summed E-state index contributed by atoms with van der Waals surface area (Å²) in [5.74, 6) is 0.234. The normalized spacial score (nSPS) is 12.1. The molecule has 0 aliphatic rings. The van der Waals surface area contributed by atoms with Gasteiger partial charge in [-0.3, -0.25) is 4.79 Å². The smallest absolute Gasteiger partial charge is 0.287 e. The number of carbonyl (C=O) groups excluding carboxylic acids is 1. The Hall–Kier alpha value is -2.30. The van der Waals surface area contributed by atoms with Crippen molar-refractivity contribution in [1.82, 2.24) is 10.2 Å². The average Bonchev–Trinajstić information content (AvgIpc) is 2.92. The number of aryl methyl sites for hydroxylation is 3. The molecule has 0 spiro atoms. The topological polar surface area (TPSA) is 45.5 Å². The number of fused-ring (bicyclic) bond motifs is 1. The third-order valence-corrected chi connectivity index (χ3v) is 4.84. The van der Waals surface area contributed by atoms with Crippen molar-refractivity contribution >= 4 is 29.3 Å². The van der Waals surface area contributed by atoms with Gasteiger partial charge in [0.05, 0.1) is 6.04 Å². The highest BCUT2D eigenvalue weighted by atomic mass is 35.5. The Bertz CT molecular complexity index is 932. The van der Waals surface area contributed by atoms with Gasteiger partial charge in [0, 0.05) is 17.5 Å². The molecule has 144 valence electrons. The lowest BCUT2D eigenvalue weighted by Crippen LogP contribution is -2.34. The van der Waals surface area contributed by atoms with Gasteiger partial charge in [-0.2, -0.15) is 0 Å². The monoisotopic (exact) mass is 386 g/mol. The van der Waals surface area contributed by atoms with Crippen molar-refractivity contribution in [2.75, 3.05) is 20.6 Å². The van der Waals surface area contributed by atoms with E-state index < -0.39 is 0 Å². The number of furan rings is 1. The molecule has 1 amide bonds. The standard InChI is InChI=1S/C22H26N2O2.ClH/c1-14-11-15(2)20-16(3)21(26-19(20)12-14)22(25)23-13-18(24(4)5)17-9-7-6-8-10-17;/h6-12,18H,13H2,1-5H3,(H,23,25);1H. The predicted octanol–water partition coefficient (Wildman–Crippen LogP) is 4.81. The summed E-state index contributed by atoms with van der Waals surface area (Å²) in [5.41, 5.74) is 5.11. The van der Waals surface area contributed by atoms with Crippen LogP contribution in [-0.4, -0.2) is 31.4 Å². The zero-order valence-electron chi connectivity index (χ0n) is 16.5. The number of likely N-dealkylation sites (N-methyl/N-ethyl adjacent to an activating group) is 1. The number of rotatable bonds is 5. The first-order valence-corrected chi connectivity index (χ1v) is 8.88. The van der Waals surface area contributed by atoms with E-state index in [1.54, 1.807) is 0 Å². The highest BCUT2D eigenvalue weighted by Crippen LogP contribution is 2.29. The zero-order valence-corrected chi connectivity index (χ0v) is 17.3. The van der Waals surface area contributed by atoms with Crippen LogP contribution in [0.15, 0.2) is 46.9 Å². The molecule has 1 N–H and O–H groups in total. The maximum Gasteiger partial charge on any atom is 0.287 e. The molecule has 0 fully saturated rings. The van der Waals surface area contributed by atoms with Gasteiger partial charge in [-0.1, -0.05) is 36.4 Å². The third kappa shape index (κ3) is 4.34. The molecule has 0 radical (unpaired) electrons. The van der Waals surface area contributed by atoms with Crippen LogP contribution < -0.4 is 5.32 Å². The van der Waals surface area contributed by atoms with Gasteiger partial charge in [0.15, 0.2) is 5.76 Å². The van der Waals surface area contributed by atoms with Crippen LogP contribution in [0.2, 0.25) is 0 Å². The summed E-state index contributed by atoms with van der Waals surface area (Å²) in [6.45, 7) is 6.55. The lowest BCUT2D eigenvalue weighted by molar-refractivity contribution is 0.0915. The van der Waals surface area contributed by atoms with Crippen LogP contribution in [0.4, 0.5) is 0 Å². The minimum atomic E-state index is -0.168. The van der Waals surface area contributed by atoms with Gasteiger partial charge < -0.3 is 14.6 Å². The Morgan fingerprint density at radius 3 is 2.41 bits per heavy atom. The second-order valence-electron chi connectivity index (χ2n) is 7.11. The van der Waals surface area contributed by atoms with Crippen molar-refractivity contribution in [3.8, 4) is 0 Å². The maximum absolute atomic E-state index is 12.8. The van der Waals surface area contributed by atoms with Gasteiger partial charge in [-0.15, -0.1) is 12.4 Å². The summed E-state index contributed by atoms with van der Waals surface area (Å²) in [6, 6.07) is 14.4. The third-order valence-electron chi connectivity index (χ3n) is 4.84. The first-order chi connectivity index (χ1) is 12.4. The molecule has 1 unspecified atom stereocenters. The van der Waals surface area contributed by atoms with E-state index in [9.17, 15) is 4.79 Å². The number of halogens is 1. The van der Waals surface area contributed by atoms with Crippen LogP contribution in [-0.2, 0) is 0 Å². The SMILES string of the molecule is Cc1cc(C)c2c(C)c(C(=O)NCC(c3ccccc3)N(C)C)oc2c1.Cl. The van der Waals surface area contributed by atoms with Gasteiger partial charge in [-0.05, 0) is 57.6 Å². The molecule has 0 aliphatic heterocycles. The van der Waals surface area contributed by atoms with E-state index in [2.05, 4.69) is 35.3 Å². The molecule has 2 aromatic carbocycles. The summed E-state index contributed by atoms with van der Waals surface area (Å²) in [4.78, 5) is 14.9. The molecule has 1 aromatic heterocycles. The van der Waals surface area contributed by atoms with Gasteiger partial charge in [0.1, 0.15) is 5.58 Å². The van der Waals surface area contributed by atoms with E-state index in [0.717, 1.165) is 27.7 Å². The van der Waals surface area contributed by atoms with Crippen LogP contribution in [0.1, 0.15) is 38.9 Å². The summed E-state index contributed by atoms with van der Waals surface area (Å²) >= 11 is 0. The Kier molecular flexibility index (Phi) is 6.68. The Labute approximate surface area is 167 Å². The van der Waals surface area contributed by atoms with E-state index in [1.165, 1.54) is 5.56 Å². The molecule has 27 heavy (non-hydrogen) atoms.